The minimum atomic E-state index is -0.233. The van der Waals surface area contributed by atoms with Crippen LogP contribution in [0.4, 0.5) is 5.69 Å². The molecule has 0 unspecified atom stereocenters. The summed E-state index contributed by atoms with van der Waals surface area (Å²) in [5.41, 5.74) is 3.99. The van der Waals surface area contributed by atoms with Crippen molar-refractivity contribution < 1.29 is 4.79 Å². The first kappa shape index (κ1) is 14.5. The van der Waals surface area contributed by atoms with E-state index < -0.39 is 0 Å². The van der Waals surface area contributed by atoms with Crippen molar-refractivity contribution in [2.24, 2.45) is 5.10 Å². The van der Waals surface area contributed by atoms with Gasteiger partial charge in [0.15, 0.2) is 0 Å². The molecule has 1 aliphatic heterocycles. The van der Waals surface area contributed by atoms with E-state index >= 15 is 0 Å². The molecule has 106 valence electrons. The lowest BCUT2D eigenvalue weighted by molar-refractivity contribution is -0.129. The van der Waals surface area contributed by atoms with E-state index in [-0.39, 0.29) is 11.6 Å². The Morgan fingerprint density at radius 2 is 1.81 bits per heavy atom. The van der Waals surface area contributed by atoms with Crippen molar-refractivity contribution in [3.8, 4) is 12.1 Å². The predicted molar refractivity (Wildman–Crippen MR) is 78.2 cm³/mol. The SMILES string of the molecule is N#CC(C#N)=NNc1ccc(CC(=O)N2CCCC2)cc1. The Morgan fingerprint density at radius 1 is 1.19 bits per heavy atom. The predicted octanol–water partition coefficient (Wildman–Crippen LogP) is 1.67. The molecule has 0 aromatic heterocycles. The van der Waals surface area contributed by atoms with Crippen LogP contribution in [0.2, 0.25) is 0 Å². The number of carbonyl (C=O) groups excluding carboxylic acids is 1. The van der Waals surface area contributed by atoms with Crippen molar-refractivity contribution in [2.45, 2.75) is 19.3 Å². The fourth-order valence-electron chi connectivity index (χ4n) is 2.15. The quantitative estimate of drug-likeness (QED) is 0.671. The second-order valence-corrected chi connectivity index (χ2v) is 4.76. The fraction of sp³-hybridized carbons (Fsp3) is 0.333. The highest BCUT2D eigenvalue weighted by molar-refractivity contribution is 6.10. The average Bonchev–Trinajstić information content (AvgIpc) is 3.04. The number of carbonyl (C=O) groups is 1. The molecule has 2 rings (SSSR count). The molecule has 1 heterocycles. The number of hydrogen-bond acceptors (Lipinski definition) is 5. The molecule has 0 radical (unpaired) electrons. The Bertz CT molecular complexity index is 599. The van der Waals surface area contributed by atoms with Crippen LogP contribution in [-0.4, -0.2) is 29.6 Å². The molecule has 0 atom stereocenters. The van der Waals surface area contributed by atoms with Gasteiger partial charge in [-0.05, 0) is 30.5 Å². The van der Waals surface area contributed by atoms with Gasteiger partial charge in [0.2, 0.25) is 11.6 Å². The minimum absolute atomic E-state index is 0.155. The van der Waals surface area contributed by atoms with E-state index in [1.165, 1.54) is 0 Å². The lowest BCUT2D eigenvalue weighted by atomic mass is 10.1. The number of rotatable bonds is 4. The number of benzene rings is 1. The summed E-state index contributed by atoms with van der Waals surface area (Å²) in [5, 5.41) is 20.8. The van der Waals surface area contributed by atoms with Gasteiger partial charge in [-0.2, -0.15) is 15.6 Å². The van der Waals surface area contributed by atoms with Gasteiger partial charge in [-0.1, -0.05) is 12.1 Å². The Kier molecular flexibility index (Phi) is 4.89. The van der Waals surface area contributed by atoms with Crippen LogP contribution in [0.25, 0.3) is 0 Å². The normalized spacial score (nSPS) is 13.1. The van der Waals surface area contributed by atoms with Gasteiger partial charge in [0, 0.05) is 13.1 Å². The standard InChI is InChI=1S/C15H15N5O/c16-10-14(11-17)19-18-13-5-3-12(4-6-13)9-15(21)20-7-1-2-8-20/h3-6,18H,1-2,7-9H2. The molecule has 0 bridgehead atoms. The second-order valence-electron chi connectivity index (χ2n) is 4.76. The Morgan fingerprint density at radius 3 is 2.38 bits per heavy atom. The lowest BCUT2D eigenvalue weighted by Crippen LogP contribution is -2.29. The molecule has 1 saturated heterocycles. The van der Waals surface area contributed by atoms with Crippen molar-refractivity contribution >= 4 is 17.3 Å². The third-order valence-electron chi connectivity index (χ3n) is 3.28. The van der Waals surface area contributed by atoms with E-state index in [4.69, 9.17) is 10.5 Å². The van der Waals surface area contributed by atoms with Crippen LogP contribution in [0.5, 0.6) is 0 Å². The third kappa shape index (κ3) is 4.05. The van der Waals surface area contributed by atoms with E-state index in [1.807, 2.05) is 17.0 Å². The number of nitrogens with zero attached hydrogens (tertiary/aromatic N) is 4. The number of nitriles is 2. The Balaban J connectivity index is 1.93. The van der Waals surface area contributed by atoms with Gasteiger partial charge >= 0.3 is 0 Å². The van der Waals surface area contributed by atoms with Gasteiger partial charge in [0.25, 0.3) is 0 Å². The van der Waals surface area contributed by atoms with Crippen molar-refractivity contribution in [3.05, 3.63) is 29.8 Å². The summed E-state index contributed by atoms with van der Waals surface area (Å²) in [6.07, 6.45) is 2.57. The smallest absolute Gasteiger partial charge is 0.237 e. The first-order valence-corrected chi connectivity index (χ1v) is 6.73. The van der Waals surface area contributed by atoms with Crippen LogP contribution in [0.15, 0.2) is 29.4 Å². The van der Waals surface area contributed by atoms with Gasteiger partial charge < -0.3 is 4.90 Å². The zero-order valence-corrected chi connectivity index (χ0v) is 11.5. The summed E-state index contributed by atoms with van der Waals surface area (Å²) in [7, 11) is 0. The van der Waals surface area contributed by atoms with Crippen LogP contribution < -0.4 is 5.43 Å². The molecule has 1 N–H and O–H groups in total. The maximum atomic E-state index is 12.0. The van der Waals surface area contributed by atoms with Crippen molar-refractivity contribution in [1.29, 1.82) is 10.5 Å². The lowest BCUT2D eigenvalue weighted by Gasteiger charge is -2.15. The van der Waals surface area contributed by atoms with E-state index in [2.05, 4.69) is 10.5 Å². The molecule has 0 spiro atoms. The number of amides is 1. The summed E-state index contributed by atoms with van der Waals surface area (Å²) in [6, 6.07) is 10.5. The number of hydrogen-bond donors (Lipinski definition) is 1. The average molecular weight is 281 g/mol. The molecule has 0 aliphatic carbocycles. The molecule has 1 amide bonds. The van der Waals surface area contributed by atoms with Gasteiger partial charge in [-0.15, -0.1) is 0 Å². The van der Waals surface area contributed by atoms with E-state index in [0.717, 1.165) is 31.5 Å². The van der Waals surface area contributed by atoms with Gasteiger partial charge in [-0.3, -0.25) is 10.2 Å². The first-order valence-electron chi connectivity index (χ1n) is 6.73. The summed E-state index contributed by atoms with van der Waals surface area (Å²) < 4.78 is 0. The van der Waals surface area contributed by atoms with Crippen LogP contribution in [-0.2, 0) is 11.2 Å². The molecule has 1 aromatic carbocycles. The van der Waals surface area contributed by atoms with Crippen molar-refractivity contribution in [1.82, 2.24) is 4.90 Å². The summed E-state index contributed by atoms with van der Waals surface area (Å²) in [4.78, 5) is 13.9. The zero-order chi connectivity index (χ0) is 15.1. The summed E-state index contributed by atoms with van der Waals surface area (Å²) in [5.74, 6) is 0.155. The fourth-order valence-corrected chi connectivity index (χ4v) is 2.15. The number of hydrazone groups is 1. The van der Waals surface area contributed by atoms with E-state index in [1.54, 1.807) is 24.3 Å². The van der Waals surface area contributed by atoms with Crippen molar-refractivity contribution in [2.75, 3.05) is 18.5 Å². The highest BCUT2D eigenvalue weighted by Crippen LogP contribution is 2.13. The van der Waals surface area contributed by atoms with Gasteiger partial charge in [0.1, 0.15) is 12.1 Å². The molecule has 6 nitrogen and oxygen atoms in total. The Labute approximate surface area is 123 Å². The molecular weight excluding hydrogens is 266 g/mol. The number of nitrogens with one attached hydrogen (secondary N) is 1. The molecule has 21 heavy (non-hydrogen) atoms. The molecule has 6 heteroatoms. The van der Waals surface area contributed by atoms with Gasteiger partial charge in [-0.25, -0.2) is 0 Å². The molecule has 1 aromatic rings. The van der Waals surface area contributed by atoms with Crippen LogP contribution in [0.1, 0.15) is 18.4 Å². The first-order chi connectivity index (χ1) is 10.2. The van der Waals surface area contributed by atoms with Crippen molar-refractivity contribution in [3.63, 3.8) is 0 Å². The highest BCUT2D eigenvalue weighted by atomic mass is 16.2. The molecule has 0 saturated carbocycles. The molecule has 1 fully saturated rings. The molecular formula is C15H15N5O. The van der Waals surface area contributed by atoms with Gasteiger partial charge in [0.05, 0.1) is 12.1 Å². The monoisotopic (exact) mass is 281 g/mol. The van der Waals surface area contributed by atoms with Crippen LogP contribution in [0.3, 0.4) is 0 Å². The van der Waals surface area contributed by atoms with Crippen LogP contribution in [0, 0.1) is 22.7 Å². The largest absolute Gasteiger partial charge is 0.342 e. The molecule has 1 aliphatic rings. The minimum Gasteiger partial charge on any atom is -0.342 e. The maximum absolute atomic E-state index is 12.0. The maximum Gasteiger partial charge on any atom is 0.237 e. The van der Waals surface area contributed by atoms with E-state index in [9.17, 15) is 4.79 Å². The Hall–Kier alpha value is -2.86. The third-order valence-corrected chi connectivity index (χ3v) is 3.28. The number of anilines is 1. The second kappa shape index (κ2) is 7.06. The summed E-state index contributed by atoms with van der Waals surface area (Å²) in [6.45, 7) is 1.72. The zero-order valence-electron chi connectivity index (χ0n) is 11.5. The summed E-state index contributed by atoms with van der Waals surface area (Å²) >= 11 is 0. The highest BCUT2D eigenvalue weighted by Gasteiger charge is 2.17. The van der Waals surface area contributed by atoms with E-state index in [0.29, 0.717) is 12.1 Å². The topological polar surface area (TPSA) is 92.3 Å². The number of likely N-dealkylation sites (tertiary alicyclic amines) is 1. The van der Waals surface area contributed by atoms with Crippen LogP contribution >= 0.6 is 0 Å².